The summed E-state index contributed by atoms with van der Waals surface area (Å²) < 4.78 is 0. The zero-order valence-corrected chi connectivity index (χ0v) is 15.7. The molecule has 0 saturated carbocycles. The standard InChI is InChI=1S/C17H27N3O.2ClH/c1-3-19(4-2)12-15-9-10-20(13-15)17(21)11-14-5-7-16(18)8-6-14;;/h5-8,15H,3-4,9-13,18H2,1-2H3;2*1H. The van der Waals surface area contributed by atoms with Crippen LogP contribution in [0.15, 0.2) is 24.3 Å². The molecule has 1 aliphatic heterocycles. The van der Waals surface area contributed by atoms with E-state index < -0.39 is 0 Å². The molecule has 0 radical (unpaired) electrons. The minimum atomic E-state index is 0. The normalized spacial score (nSPS) is 16.8. The largest absolute Gasteiger partial charge is 0.399 e. The van der Waals surface area contributed by atoms with Crippen molar-refractivity contribution in [3.05, 3.63) is 29.8 Å². The van der Waals surface area contributed by atoms with Gasteiger partial charge in [-0.05, 0) is 43.1 Å². The van der Waals surface area contributed by atoms with E-state index in [4.69, 9.17) is 5.73 Å². The molecule has 1 aliphatic rings. The fraction of sp³-hybridized carbons (Fsp3) is 0.588. The van der Waals surface area contributed by atoms with Crippen LogP contribution in [0.4, 0.5) is 5.69 Å². The Bertz CT molecular complexity index is 463. The number of nitrogens with two attached hydrogens (primary N) is 1. The van der Waals surface area contributed by atoms with Gasteiger partial charge in [-0.2, -0.15) is 0 Å². The van der Waals surface area contributed by atoms with Gasteiger partial charge in [0.25, 0.3) is 0 Å². The van der Waals surface area contributed by atoms with Gasteiger partial charge in [0.15, 0.2) is 0 Å². The average molecular weight is 362 g/mol. The number of rotatable bonds is 6. The van der Waals surface area contributed by atoms with Crippen LogP contribution in [0.2, 0.25) is 0 Å². The summed E-state index contributed by atoms with van der Waals surface area (Å²) in [4.78, 5) is 16.8. The molecule has 2 rings (SSSR count). The van der Waals surface area contributed by atoms with Crippen LogP contribution in [0.25, 0.3) is 0 Å². The predicted molar refractivity (Wildman–Crippen MR) is 102 cm³/mol. The molecule has 6 heteroatoms. The van der Waals surface area contributed by atoms with E-state index in [9.17, 15) is 4.79 Å². The first-order valence-electron chi connectivity index (χ1n) is 7.96. The number of nitrogen functional groups attached to an aromatic ring is 1. The lowest BCUT2D eigenvalue weighted by Crippen LogP contribution is -2.33. The van der Waals surface area contributed by atoms with Gasteiger partial charge in [0.2, 0.25) is 5.91 Å². The summed E-state index contributed by atoms with van der Waals surface area (Å²) in [5.74, 6) is 0.863. The number of amides is 1. The third kappa shape index (κ3) is 6.58. The van der Waals surface area contributed by atoms with Crippen LogP contribution in [0, 0.1) is 5.92 Å². The molecular weight excluding hydrogens is 333 g/mol. The summed E-state index contributed by atoms with van der Waals surface area (Å²) in [5, 5.41) is 0. The highest BCUT2D eigenvalue weighted by atomic mass is 35.5. The van der Waals surface area contributed by atoms with Crippen LogP contribution in [0.1, 0.15) is 25.8 Å². The molecule has 1 atom stereocenters. The molecule has 1 aromatic carbocycles. The molecule has 23 heavy (non-hydrogen) atoms. The van der Waals surface area contributed by atoms with E-state index in [1.807, 2.05) is 29.2 Å². The molecule has 1 fully saturated rings. The molecule has 0 aliphatic carbocycles. The van der Waals surface area contributed by atoms with Gasteiger partial charge in [-0.3, -0.25) is 4.79 Å². The number of halogens is 2. The number of anilines is 1. The Kier molecular flexibility index (Phi) is 10.3. The number of likely N-dealkylation sites (tertiary alicyclic amines) is 1. The molecule has 0 spiro atoms. The number of benzene rings is 1. The van der Waals surface area contributed by atoms with Crippen molar-refractivity contribution in [2.45, 2.75) is 26.7 Å². The Balaban J connectivity index is 0.00000242. The van der Waals surface area contributed by atoms with E-state index in [1.54, 1.807) is 0 Å². The van der Waals surface area contributed by atoms with Crippen molar-refractivity contribution in [2.24, 2.45) is 5.92 Å². The highest BCUT2D eigenvalue weighted by Crippen LogP contribution is 2.19. The van der Waals surface area contributed by atoms with E-state index in [0.717, 1.165) is 50.4 Å². The van der Waals surface area contributed by atoms with Gasteiger partial charge in [0.05, 0.1) is 6.42 Å². The molecule has 1 aromatic rings. The van der Waals surface area contributed by atoms with E-state index in [0.29, 0.717) is 12.3 Å². The maximum Gasteiger partial charge on any atom is 0.226 e. The van der Waals surface area contributed by atoms with Crippen molar-refractivity contribution in [1.29, 1.82) is 0 Å². The molecule has 0 aromatic heterocycles. The second-order valence-electron chi connectivity index (χ2n) is 5.90. The van der Waals surface area contributed by atoms with Crippen molar-refractivity contribution in [3.8, 4) is 0 Å². The van der Waals surface area contributed by atoms with Crippen LogP contribution in [0.3, 0.4) is 0 Å². The summed E-state index contributed by atoms with van der Waals surface area (Å²) >= 11 is 0. The Morgan fingerprint density at radius 3 is 2.39 bits per heavy atom. The summed E-state index contributed by atoms with van der Waals surface area (Å²) in [5.41, 5.74) is 7.46. The second-order valence-corrected chi connectivity index (χ2v) is 5.90. The van der Waals surface area contributed by atoms with E-state index >= 15 is 0 Å². The monoisotopic (exact) mass is 361 g/mol. The Morgan fingerprint density at radius 2 is 1.83 bits per heavy atom. The highest BCUT2D eigenvalue weighted by Gasteiger charge is 2.26. The second kappa shape index (κ2) is 10.7. The van der Waals surface area contributed by atoms with Gasteiger partial charge in [-0.1, -0.05) is 26.0 Å². The van der Waals surface area contributed by atoms with Gasteiger partial charge in [0, 0.05) is 25.3 Å². The minimum absolute atomic E-state index is 0. The number of nitrogens with zero attached hydrogens (tertiary/aromatic N) is 2. The number of carbonyl (C=O) groups excluding carboxylic acids is 1. The van der Waals surface area contributed by atoms with Gasteiger partial charge in [0.1, 0.15) is 0 Å². The lowest BCUT2D eigenvalue weighted by atomic mass is 10.1. The first kappa shape index (κ1) is 22.0. The van der Waals surface area contributed by atoms with Gasteiger partial charge >= 0.3 is 0 Å². The lowest BCUT2D eigenvalue weighted by molar-refractivity contribution is -0.129. The molecule has 1 amide bonds. The lowest BCUT2D eigenvalue weighted by Gasteiger charge is -2.22. The van der Waals surface area contributed by atoms with E-state index in [-0.39, 0.29) is 30.7 Å². The molecule has 1 heterocycles. The molecule has 4 nitrogen and oxygen atoms in total. The number of hydrogen-bond acceptors (Lipinski definition) is 3. The van der Waals surface area contributed by atoms with Crippen LogP contribution >= 0.6 is 24.8 Å². The van der Waals surface area contributed by atoms with Crippen LogP contribution in [0.5, 0.6) is 0 Å². The Labute approximate surface area is 152 Å². The molecule has 132 valence electrons. The van der Waals surface area contributed by atoms with Crippen LogP contribution < -0.4 is 5.73 Å². The molecule has 1 unspecified atom stereocenters. The third-order valence-corrected chi connectivity index (χ3v) is 4.38. The third-order valence-electron chi connectivity index (χ3n) is 4.38. The van der Waals surface area contributed by atoms with Crippen molar-refractivity contribution >= 4 is 36.4 Å². The van der Waals surface area contributed by atoms with E-state index in [1.165, 1.54) is 0 Å². The average Bonchev–Trinajstić information content (AvgIpc) is 2.96. The van der Waals surface area contributed by atoms with Crippen molar-refractivity contribution in [1.82, 2.24) is 9.80 Å². The number of carbonyl (C=O) groups is 1. The Morgan fingerprint density at radius 1 is 1.22 bits per heavy atom. The van der Waals surface area contributed by atoms with Crippen LogP contribution in [-0.4, -0.2) is 48.4 Å². The number of hydrogen-bond donors (Lipinski definition) is 1. The Hall–Kier alpha value is -0.970. The summed E-state index contributed by atoms with van der Waals surface area (Å²) in [7, 11) is 0. The van der Waals surface area contributed by atoms with E-state index in [2.05, 4.69) is 18.7 Å². The zero-order valence-electron chi connectivity index (χ0n) is 14.0. The highest BCUT2D eigenvalue weighted by molar-refractivity contribution is 5.85. The van der Waals surface area contributed by atoms with Crippen molar-refractivity contribution < 1.29 is 4.79 Å². The quantitative estimate of drug-likeness (QED) is 0.792. The molecular formula is C17H29Cl2N3O. The summed E-state index contributed by atoms with van der Waals surface area (Å²) in [6, 6.07) is 7.60. The maximum atomic E-state index is 12.4. The smallest absolute Gasteiger partial charge is 0.226 e. The SMILES string of the molecule is CCN(CC)CC1CCN(C(=O)Cc2ccc(N)cc2)C1.Cl.Cl. The van der Waals surface area contributed by atoms with Gasteiger partial charge in [-0.15, -0.1) is 24.8 Å². The summed E-state index contributed by atoms with van der Waals surface area (Å²) in [6.07, 6.45) is 1.61. The predicted octanol–water partition coefficient (Wildman–Crippen LogP) is 2.85. The fourth-order valence-corrected chi connectivity index (χ4v) is 2.98. The van der Waals surface area contributed by atoms with Gasteiger partial charge < -0.3 is 15.5 Å². The summed E-state index contributed by atoms with van der Waals surface area (Å²) in [6.45, 7) is 9.49. The van der Waals surface area contributed by atoms with Crippen molar-refractivity contribution in [2.75, 3.05) is 38.5 Å². The first-order valence-corrected chi connectivity index (χ1v) is 7.96. The molecule has 0 bridgehead atoms. The first-order chi connectivity index (χ1) is 10.1. The zero-order chi connectivity index (χ0) is 15.2. The van der Waals surface area contributed by atoms with Gasteiger partial charge in [-0.25, -0.2) is 0 Å². The topological polar surface area (TPSA) is 49.6 Å². The molecule has 2 N–H and O–H groups in total. The van der Waals surface area contributed by atoms with Crippen molar-refractivity contribution in [3.63, 3.8) is 0 Å². The minimum Gasteiger partial charge on any atom is -0.399 e. The molecule has 1 saturated heterocycles. The maximum absolute atomic E-state index is 12.4. The van der Waals surface area contributed by atoms with Crippen LogP contribution in [-0.2, 0) is 11.2 Å². The fourth-order valence-electron chi connectivity index (χ4n) is 2.98.